The summed E-state index contributed by atoms with van der Waals surface area (Å²) >= 11 is 3.49. The van der Waals surface area contributed by atoms with Crippen molar-refractivity contribution in [3.63, 3.8) is 0 Å². The van der Waals surface area contributed by atoms with Gasteiger partial charge in [-0.2, -0.15) is 0 Å². The molecule has 1 atom stereocenters. The van der Waals surface area contributed by atoms with Crippen LogP contribution in [0.5, 0.6) is 0 Å². The van der Waals surface area contributed by atoms with Crippen LogP contribution in [0, 0.1) is 5.92 Å². The quantitative estimate of drug-likeness (QED) is 0.761. The van der Waals surface area contributed by atoms with Gasteiger partial charge in [0, 0.05) is 19.4 Å². The van der Waals surface area contributed by atoms with Gasteiger partial charge < -0.3 is 5.11 Å². The van der Waals surface area contributed by atoms with Gasteiger partial charge in [0.2, 0.25) is 0 Å². The lowest BCUT2D eigenvalue weighted by Crippen LogP contribution is -1.96. The van der Waals surface area contributed by atoms with Crippen LogP contribution in [-0.2, 0) is 4.79 Å². The molecular weight excluding hydrogens is 268 g/mol. The minimum Gasteiger partial charge on any atom is -0.396 e. The zero-order chi connectivity index (χ0) is 12.0. The Hall–Kier alpha value is -0.410. The van der Waals surface area contributed by atoms with E-state index in [-0.39, 0.29) is 12.4 Å². The second-order valence-corrected chi connectivity index (χ2v) is 5.36. The van der Waals surface area contributed by atoms with Crippen molar-refractivity contribution in [2.24, 2.45) is 5.92 Å². The number of hydrogen-bond acceptors (Lipinski definition) is 2. The van der Waals surface area contributed by atoms with Crippen LogP contribution in [0.25, 0.3) is 0 Å². The molecule has 0 bridgehead atoms. The van der Waals surface area contributed by atoms with Crippen LogP contribution in [0.1, 0.15) is 39.0 Å². The van der Waals surface area contributed by atoms with Crippen LogP contribution < -0.4 is 0 Å². The van der Waals surface area contributed by atoms with E-state index in [2.05, 4.69) is 35.0 Å². The number of rotatable bonds is 6. The molecule has 1 unspecified atom stereocenters. The van der Waals surface area contributed by atoms with Crippen LogP contribution in [0.3, 0.4) is 0 Å². The molecule has 1 aliphatic carbocycles. The Balaban J connectivity index is 2.36. The van der Waals surface area contributed by atoms with Gasteiger partial charge in [0.15, 0.2) is 5.78 Å². The molecule has 2 nitrogen and oxygen atoms in total. The van der Waals surface area contributed by atoms with Gasteiger partial charge in [-0.3, -0.25) is 4.79 Å². The molecule has 0 spiro atoms. The predicted octanol–water partition coefficient (Wildman–Crippen LogP) is 3.35. The number of unbranched alkanes of at least 4 members (excludes halogenated alkanes) is 2. The number of aliphatic hydroxyl groups excluding tert-OH is 1. The molecule has 0 aliphatic heterocycles. The van der Waals surface area contributed by atoms with Gasteiger partial charge >= 0.3 is 0 Å². The fourth-order valence-corrected chi connectivity index (χ4v) is 2.38. The Labute approximate surface area is 106 Å². The second kappa shape index (κ2) is 7.02. The smallest absolute Gasteiger partial charge is 0.159 e. The van der Waals surface area contributed by atoms with Crippen LogP contribution in [0.4, 0.5) is 0 Å². The molecule has 1 aliphatic rings. The zero-order valence-corrected chi connectivity index (χ0v) is 11.3. The molecule has 3 heteroatoms. The summed E-state index contributed by atoms with van der Waals surface area (Å²) in [5, 5.41) is 8.64. The molecule has 90 valence electrons. The number of carbonyl (C=O) groups is 1. The minimum absolute atomic E-state index is 0.257. The average molecular weight is 287 g/mol. The number of halogens is 1. The van der Waals surface area contributed by atoms with Crippen LogP contribution in [-0.4, -0.2) is 17.5 Å². The maximum Gasteiger partial charge on any atom is 0.159 e. The summed E-state index contributed by atoms with van der Waals surface area (Å²) in [6.45, 7) is 2.33. The summed E-state index contributed by atoms with van der Waals surface area (Å²) < 4.78 is 1.08. The maximum absolute atomic E-state index is 11.5. The third-order valence-corrected chi connectivity index (χ3v) is 3.29. The van der Waals surface area contributed by atoms with Crippen molar-refractivity contribution >= 4 is 21.7 Å². The number of ketones is 1. The third kappa shape index (κ3) is 4.62. The Morgan fingerprint density at radius 3 is 2.94 bits per heavy atom. The van der Waals surface area contributed by atoms with Crippen molar-refractivity contribution in [3.05, 3.63) is 22.2 Å². The van der Waals surface area contributed by atoms with Crippen molar-refractivity contribution in [2.75, 3.05) is 6.61 Å². The number of allylic oxidation sites excluding steroid dienone is 4. The Bertz CT molecular complexity index is 305. The standard InChI is InChI=1S/C13H19BrO2/c1-10-7-11(13(16)8-10)9-12(14)5-3-2-4-6-15/h5,7,10,15H,2-4,6,8-9H2,1H3/b12-5-. The molecule has 0 aromatic rings. The van der Waals surface area contributed by atoms with E-state index >= 15 is 0 Å². The van der Waals surface area contributed by atoms with E-state index in [4.69, 9.17) is 5.11 Å². The molecular formula is C13H19BrO2. The highest BCUT2D eigenvalue weighted by atomic mass is 79.9. The normalized spacial score (nSPS) is 21.4. The summed E-state index contributed by atoms with van der Waals surface area (Å²) in [5.74, 6) is 0.686. The fourth-order valence-electron chi connectivity index (χ4n) is 1.85. The number of hydrogen-bond donors (Lipinski definition) is 1. The van der Waals surface area contributed by atoms with Gasteiger partial charge in [0.05, 0.1) is 0 Å². The van der Waals surface area contributed by atoms with E-state index in [1.54, 1.807) is 0 Å². The Kier molecular flexibility index (Phi) is 5.99. The first-order valence-corrected chi connectivity index (χ1v) is 6.62. The molecule has 0 radical (unpaired) electrons. The summed E-state index contributed by atoms with van der Waals surface area (Å²) in [6.07, 6.45) is 8.36. The largest absolute Gasteiger partial charge is 0.396 e. The van der Waals surface area contributed by atoms with Crippen molar-refractivity contribution in [1.29, 1.82) is 0 Å². The van der Waals surface area contributed by atoms with E-state index in [0.29, 0.717) is 12.3 Å². The summed E-state index contributed by atoms with van der Waals surface area (Å²) in [6, 6.07) is 0. The van der Waals surface area contributed by atoms with Crippen molar-refractivity contribution in [2.45, 2.75) is 39.0 Å². The molecule has 0 saturated carbocycles. The lowest BCUT2D eigenvalue weighted by Gasteiger charge is -2.00. The highest BCUT2D eigenvalue weighted by Crippen LogP contribution is 2.27. The maximum atomic E-state index is 11.5. The first-order chi connectivity index (χ1) is 7.63. The van der Waals surface area contributed by atoms with Gasteiger partial charge in [-0.25, -0.2) is 0 Å². The van der Waals surface area contributed by atoms with Crippen LogP contribution in [0.15, 0.2) is 22.2 Å². The first-order valence-electron chi connectivity index (χ1n) is 5.82. The molecule has 16 heavy (non-hydrogen) atoms. The Morgan fingerprint density at radius 2 is 2.38 bits per heavy atom. The SMILES string of the molecule is CC1C=C(C/C(Br)=C/CCCCO)C(=O)C1. The van der Waals surface area contributed by atoms with E-state index in [1.807, 2.05) is 0 Å². The summed E-state index contributed by atoms with van der Waals surface area (Å²) in [5.41, 5.74) is 0.942. The molecule has 0 heterocycles. The summed E-state index contributed by atoms with van der Waals surface area (Å²) in [4.78, 5) is 11.5. The molecule has 0 aromatic carbocycles. The molecule has 0 saturated heterocycles. The fraction of sp³-hybridized carbons (Fsp3) is 0.615. The van der Waals surface area contributed by atoms with Crippen LogP contribution >= 0.6 is 15.9 Å². The van der Waals surface area contributed by atoms with Crippen LogP contribution in [0.2, 0.25) is 0 Å². The zero-order valence-electron chi connectivity index (χ0n) is 9.71. The number of carbonyl (C=O) groups excluding carboxylic acids is 1. The first kappa shape index (κ1) is 13.7. The minimum atomic E-state index is 0.257. The number of Topliss-reactive ketones (excluding diaryl/α,β-unsaturated/α-hetero) is 1. The highest BCUT2D eigenvalue weighted by molar-refractivity contribution is 9.11. The second-order valence-electron chi connectivity index (χ2n) is 4.34. The molecule has 0 amide bonds. The van der Waals surface area contributed by atoms with E-state index < -0.39 is 0 Å². The third-order valence-electron chi connectivity index (χ3n) is 2.69. The van der Waals surface area contributed by atoms with E-state index in [9.17, 15) is 4.79 Å². The molecule has 0 aromatic heterocycles. The summed E-state index contributed by atoms with van der Waals surface area (Å²) in [7, 11) is 0. The van der Waals surface area contributed by atoms with Crippen molar-refractivity contribution < 1.29 is 9.90 Å². The lowest BCUT2D eigenvalue weighted by atomic mass is 10.1. The van der Waals surface area contributed by atoms with Gasteiger partial charge in [-0.15, -0.1) is 0 Å². The number of aliphatic hydroxyl groups is 1. The van der Waals surface area contributed by atoms with Crippen molar-refractivity contribution in [1.82, 2.24) is 0 Å². The van der Waals surface area contributed by atoms with Crippen molar-refractivity contribution in [3.8, 4) is 0 Å². The van der Waals surface area contributed by atoms with E-state index in [1.165, 1.54) is 0 Å². The van der Waals surface area contributed by atoms with Gasteiger partial charge in [-0.1, -0.05) is 35.0 Å². The molecule has 1 rings (SSSR count). The predicted molar refractivity (Wildman–Crippen MR) is 69.4 cm³/mol. The average Bonchev–Trinajstić information content (AvgIpc) is 2.52. The lowest BCUT2D eigenvalue weighted by molar-refractivity contribution is -0.115. The molecule has 0 fully saturated rings. The van der Waals surface area contributed by atoms with Gasteiger partial charge in [0.25, 0.3) is 0 Å². The highest BCUT2D eigenvalue weighted by Gasteiger charge is 2.20. The van der Waals surface area contributed by atoms with Gasteiger partial charge in [-0.05, 0) is 35.2 Å². The molecule has 1 N–H and O–H groups in total. The monoisotopic (exact) mass is 286 g/mol. The van der Waals surface area contributed by atoms with Gasteiger partial charge in [0.1, 0.15) is 0 Å². The topological polar surface area (TPSA) is 37.3 Å². The Morgan fingerprint density at radius 1 is 1.62 bits per heavy atom. The van der Waals surface area contributed by atoms with E-state index in [0.717, 1.165) is 35.7 Å².